The molecule has 13 heavy (non-hydrogen) atoms. The van der Waals surface area contributed by atoms with Crippen LogP contribution in [-0.2, 0) is 0 Å². The molecule has 0 heterocycles. The summed E-state index contributed by atoms with van der Waals surface area (Å²) in [6.07, 6.45) is 2.84. The summed E-state index contributed by atoms with van der Waals surface area (Å²) < 4.78 is 0. The van der Waals surface area contributed by atoms with Crippen LogP contribution in [-0.4, -0.2) is 6.04 Å². The Morgan fingerprint density at radius 3 is 2.38 bits per heavy atom. The molecular weight excluding hydrogens is 162 g/mol. The number of rotatable bonds is 2. The van der Waals surface area contributed by atoms with Crippen LogP contribution in [0, 0.1) is 46.3 Å². The van der Waals surface area contributed by atoms with Crippen molar-refractivity contribution in [2.45, 2.75) is 25.8 Å². The topological polar surface area (TPSA) is 29.4 Å². The van der Waals surface area contributed by atoms with E-state index in [4.69, 9.17) is 0 Å². The predicted octanol–water partition coefficient (Wildman–Crippen LogP) is 2.29. The summed E-state index contributed by atoms with van der Waals surface area (Å²) in [6, 6.07) is 0.0952. The molecule has 0 radical (unpaired) electrons. The standard InChI is InChI=1S/C11H15NO/c1-4(12-13)5-2-6-7-3-8-10(6)11(8)9(5)7/h4-11H,2-3H2,1H3. The SMILES string of the molecule is CC(N=O)C1CC2C3CC4C2C4C13. The van der Waals surface area contributed by atoms with E-state index in [-0.39, 0.29) is 6.04 Å². The highest BCUT2D eigenvalue weighted by molar-refractivity contribution is 5.25. The van der Waals surface area contributed by atoms with E-state index < -0.39 is 0 Å². The Hall–Kier alpha value is -0.400. The molecule has 5 rings (SSSR count). The Labute approximate surface area is 78.1 Å². The first-order chi connectivity index (χ1) is 6.33. The van der Waals surface area contributed by atoms with Crippen LogP contribution in [0.5, 0.6) is 0 Å². The minimum Gasteiger partial charge on any atom is -0.151 e. The van der Waals surface area contributed by atoms with Gasteiger partial charge in [0.25, 0.3) is 0 Å². The lowest BCUT2D eigenvalue weighted by Gasteiger charge is -2.22. The van der Waals surface area contributed by atoms with E-state index in [1.54, 1.807) is 0 Å². The maximum Gasteiger partial charge on any atom is 0.0922 e. The molecule has 0 N–H and O–H groups in total. The van der Waals surface area contributed by atoms with Gasteiger partial charge in [-0.3, -0.25) is 0 Å². The molecule has 0 aliphatic heterocycles. The van der Waals surface area contributed by atoms with E-state index in [0.29, 0.717) is 5.92 Å². The van der Waals surface area contributed by atoms with Crippen molar-refractivity contribution in [2.24, 2.45) is 46.6 Å². The summed E-state index contributed by atoms with van der Waals surface area (Å²) in [4.78, 5) is 10.6. The molecule has 0 aromatic rings. The molecule has 5 aliphatic carbocycles. The highest BCUT2D eigenvalue weighted by Gasteiger charge is 2.77. The van der Waals surface area contributed by atoms with Gasteiger partial charge in [0.1, 0.15) is 0 Å². The quantitative estimate of drug-likeness (QED) is 0.595. The molecule has 70 valence electrons. The summed E-state index contributed by atoms with van der Waals surface area (Å²) in [5, 5.41) is 3.25. The Kier molecular flexibility index (Phi) is 0.987. The minimum atomic E-state index is 0.0952. The van der Waals surface area contributed by atoms with Crippen molar-refractivity contribution in [2.75, 3.05) is 0 Å². The third-order valence-corrected chi connectivity index (χ3v) is 5.64. The Morgan fingerprint density at radius 2 is 1.85 bits per heavy atom. The highest BCUT2D eigenvalue weighted by Crippen LogP contribution is 2.82. The van der Waals surface area contributed by atoms with Gasteiger partial charge in [-0.25, -0.2) is 0 Å². The lowest BCUT2D eigenvalue weighted by atomic mass is 9.84. The summed E-state index contributed by atoms with van der Waals surface area (Å²) in [5.74, 6) is 6.91. The molecule has 0 aromatic carbocycles. The van der Waals surface area contributed by atoms with Crippen LogP contribution < -0.4 is 0 Å². The van der Waals surface area contributed by atoms with Crippen LogP contribution >= 0.6 is 0 Å². The fourth-order valence-corrected chi connectivity index (χ4v) is 5.39. The second kappa shape index (κ2) is 1.84. The van der Waals surface area contributed by atoms with Gasteiger partial charge in [-0.1, -0.05) is 5.18 Å². The van der Waals surface area contributed by atoms with Crippen molar-refractivity contribution in [3.05, 3.63) is 4.91 Å². The molecule has 6 bridgehead atoms. The van der Waals surface area contributed by atoms with Gasteiger partial charge in [0, 0.05) is 0 Å². The van der Waals surface area contributed by atoms with E-state index in [2.05, 4.69) is 5.18 Å². The smallest absolute Gasteiger partial charge is 0.0922 e. The predicted molar refractivity (Wildman–Crippen MR) is 48.9 cm³/mol. The minimum absolute atomic E-state index is 0.0952. The summed E-state index contributed by atoms with van der Waals surface area (Å²) in [6.45, 7) is 2.02. The number of hydrogen-bond acceptors (Lipinski definition) is 2. The first-order valence-electron chi connectivity index (χ1n) is 5.65. The molecule has 2 heteroatoms. The number of nitrogens with zero attached hydrogens (tertiary/aromatic N) is 1. The molecule has 8 atom stereocenters. The van der Waals surface area contributed by atoms with Gasteiger partial charge in [-0.05, 0) is 61.2 Å². The molecule has 5 aliphatic rings. The van der Waals surface area contributed by atoms with E-state index in [9.17, 15) is 4.91 Å². The first-order valence-corrected chi connectivity index (χ1v) is 5.65. The van der Waals surface area contributed by atoms with Crippen LogP contribution in [0.15, 0.2) is 5.18 Å². The van der Waals surface area contributed by atoms with Crippen LogP contribution in [0.2, 0.25) is 0 Å². The van der Waals surface area contributed by atoms with Crippen molar-refractivity contribution in [3.63, 3.8) is 0 Å². The maximum atomic E-state index is 10.6. The molecule has 5 saturated carbocycles. The zero-order chi connectivity index (χ0) is 8.74. The summed E-state index contributed by atoms with van der Waals surface area (Å²) >= 11 is 0. The molecule has 2 nitrogen and oxygen atoms in total. The van der Waals surface area contributed by atoms with E-state index in [0.717, 1.165) is 35.5 Å². The van der Waals surface area contributed by atoms with Crippen molar-refractivity contribution in [3.8, 4) is 0 Å². The normalized spacial score (nSPS) is 67.0. The van der Waals surface area contributed by atoms with Gasteiger partial charge < -0.3 is 0 Å². The van der Waals surface area contributed by atoms with E-state index in [1.165, 1.54) is 12.8 Å². The monoisotopic (exact) mass is 177 g/mol. The fraction of sp³-hybridized carbons (Fsp3) is 1.00. The van der Waals surface area contributed by atoms with Crippen LogP contribution in [0.4, 0.5) is 0 Å². The van der Waals surface area contributed by atoms with Gasteiger partial charge in [0.15, 0.2) is 0 Å². The second-order valence-electron chi connectivity index (χ2n) is 5.70. The first kappa shape index (κ1) is 6.97. The van der Waals surface area contributed by atoms with Crippen molar-refractivity contribution in [1.29, 1.82) is 0 Å². The Bertz CT molecular complexity index is 290. The molecular formula is C11H15NO. The number of nitroso groups, excluding NO2 is 1. The summed E-state index contributed by atoms with van der Waals surface area (Å²) in [5.41, 5.74) is 0. The molecule has 0 aromatic heterocycles. The van der Waals surface area contributed by atoms with Crippen LogP contribution in [0.1, 0.15) is 19.8 Å². The fourth-order valence-electron chi connectivity index (χ4n) is 5.39. The second-order valence-corrected chi connectivity index (χ2v) is 5.70. The number of hydrogen-bond donors (Lipinski definition) is 0. The van der Waals surface area contributed by atoms with Gasteiger partial charge >= 0.3 is 0 Å². The van der Waals surface area contributed by atoms with Crippen LogP contribution in [0.25, 0.3) is 0 Å². The third-order valence-electron chi connectivity index (χ3n) is 5.64. The van der Waals surface area contributed by atoms with Crippen LogP contribution in [0.3, 0.4) is 0 Å². The van der Waals surface area contributed by atoms with Gasteiger partial charge in [0.05, 0.1) is 6.04 Å². The van der Waals surface area contributed by atoms with Gasteiger partial charge in [-0.15, -0.1) is 0 Å². The Balaban J connectivity index is 1.69. The lowest BCUT2D eigenvalue weighted by Crippen LogP contribution is -2.23. The summed E-state index contributed by atoms with van der Waals surface area (Å²) in [7, 11) is 0. The van der Waals surface area contributed by atoms with Gasteiger partial charge in [0.2, 0.25) is 0 Å². The zero-order valence-corrected chi connectivity index (χ0v) is 7.89. The van der Waals surface area contributed by atoms with E-state index in [1.807, 2.05) is 6.92 Å². The van der Waals surface area contributed by atoms with E-state index >= 15 is 0 Å². The maximum absolute atomic E-state index is 10.6. The molecule has 8 unspecified atom stereocenters. The average molecular weight is 177 g/mol. The van der Waals surface area contributed by atoms with Crippen molar-refractivity contribution < 1.29 is 0 Å². The molecule has 0 saturated heterocycles. The molecule has 5 fully saturated rings. The molecule has 0 amide bonds. The highest BCUT2D eigenvalue weighted by atomic mass is 16.3. The average Bonchev–Trinajstić information content (AvgIpc) is 2.59. The third kappa shape index (κ3) is 0.562. The lowest BCUT2D eigenvalue weighted by molar-refractivity contribution is 0.272. The molecule has 0 spiro atoms. The Morgan fingerprint density at radius 1 is 1.08 bits per heavy atom. The van der Waals surface area contributed by atoms with Crippen molar-refractivity contribution in [1.82, 2.24) is 0 Å². The van der Waals surface area contributed by atoms with Crippen molar-refractivity contribution >= 4 is 0 Å². The van der Waals surface area contributed by atoms with Gasteiger partial charge in [-0.2, -0.15) is 4.91 Å². The largest absolute Gasteiger partial charge is 0.151 e. The zero-order valence-electron chi connectivity index (χ0n) is 7.89.